The highest BCUT2D eigenvalue weighted by Gasteiger charge is 2.60. The summed E-state index contributed by atoms with van der Waals surface area (Å²) in [7, 11) is -1.82. The van der Waals surface area contributed by atoms with Crippen molar-refractivity contribution in [1.29, 1.82) is 0 Å². The number of nitrogens with zero attached hydrogens (tertiary/aromatic N) is 3. The van der Waals surface area contributed by atoms with Crippen molar-refractivity contribution in [3.8, 4) is 5.88 Å². The topological polar surface area (TPSA) is 102 Å². The second kappa shape index (κ2) is 5.68. The van der Waals surface area contributed by atoms with Crippen molar-refractivity contribution in [2.75, 3.05) is 39.0 Å². The summed E-state index contributed by atoms with van der Waals surface area (Å²) in [4.78, 5) is 14.4. The third-order valence-electron chi connectivity index (χ3n) is 5.40. The molecule has 1 unspecified atom stereocenters. The predicted molar refractivity (Wildman–Crippen MR) is 85.7 cm³/mol. The van der Waals surface area contributed by atoms with Gasteiger partial charge in [-0.05, 0) is 18.5 Å². The van der Waals surface area contributed by atoms with Gasteiger partial charge in [-0.1, -0.05) is 0 Å². The number of amides is 1. The third kappa shape index (κ3) is 2.63. The molecule has 0 N–H and O–H groups in total. The summed E-state index contributed by atoms with van der Waals surface area (Å²) < 4.78 is 42.1. The number of methoxy groups -OCH3 is 1. The lowest BCUT2D eigenvalue weighted by atomic mass is 9.91. The Balaban J connectivity index is 1.55. The summed E-state index contributed by atoms with van der Waals surface area (Å²) in [6.07, 6.45) is 0.693. The van der Waals surface area contributed by atoms with Gasteiger partial charge in [0.2, 0.25) is 15.8 Å². The molecule has 2 bridgehead atoms. The number of hydrogen-bond acceptors (Lipinski definition) is 7. The number of hydrogen-bond donors (Lipinski definition) is 0. The minimum atomic E-state index is -3.27. The fourth-order valence-corrected chi connectivity index (χ4v) is 5.33. The molecular formula is C15H21N3O6S. The first kappa shape index (κ1) is 16.8. The van der Waals surface area contributed by atoms with Crippen molar-refractivity contribution in [1.82, 2.24) is 14.4 Å². The van der Waals surface area contributed by atoms with E-state index in [1.54, 1.807) is 11.8 Å². The Morgan fingerprint density at radius 2 is 2.24 bits per heavy atom. The van der Waals surface area contributed by atoms with E-state index in [1.807, 2.05) is 0 Å². The molecule has 3 aliphatic rings. The fourth-order valence-electron chi connectivity index (χ4n) is 4.15. The van der Waals surface area contributed by atoms with Gasteiger partial charge in [-0.2, -0.15) is 4.31 Å². The summed E-state index contributed by atoms with van der Waals surface area (Å²) in [5, 5.41) is 3.66. The Morgan fingerprint density at radius 1 is 1.44 bits per heavy atom. The van der Waals surface area contributed by atoms with Crippen LogP contribution in [0.4, 0.5) is 0 Å². The molecule has 138 valence electrons. The van der Waals surface area contributed by atoms with Crippen molar-refractivity contribution >= 4 is 15.9 Å². The molecule has 3 fully saturated rings. The number of likely N-dealkylation sites (tertiary alicyclic amines) is 1. The van der Waals surface area contributed by atoms with E-state index in [-0.39, 0.29) is 35.3 Å². The smallest absolute Gasteiger partial charge is 0.292 e. The van der Waals surface area contributed by atoms with Crippen LogP contribution in [-0.2, 0) is 14.8 Å². The minimum absolute atomic E-state index is 0.0692. The average Bonchev–Trinajstić information content (AvgIpc) is 3.25. The van der Waals surface area contributed by atoms with Crippen molar-refractivity contribution in [2.24, 2.45) is 5.92 Å². The fraction of sp³-hybridized carbons (Fsp3) is 0.733. The number of sulfonamides is 1. The molecule has 25 heavy (non-hydrogen) atoms. The van der Waals surface area contributed by atoms with Gasteiger partial charge in [-0.3, -0.25) is 4.79 Å². The van der Waals surface area contributed by atoms with Gasteiger partial charge in [0.25, 0.3) is 11.8 Å². The van der Waals surface area contributed by atoms with Crippen LogP contribution in [0.1, 0.15) is 23.9 Å². The normalized spacial score (nSPS) is 32.0. The van der Waals surface area contributed by atoms with Gasteiger partial charge in [0.15, 0.2) is 0 Å². The van der Waals surface area contributed by atoms with Gasteiger partial charge in [0, 0.05) is 25.6 Å². The maximum absolute atomic E-state index is 12.7. The highest BCUT2D eigenvalue weighted by atomic mass is 32.2. The molecule has 9 nitrogen and oxygen atoms in total. The summed E-state index contributed by atoms with van der Waals surface area (Å²) in [6.45, 7) is 3.23. The minimum Gasteiger partial charge on any atom is -0.479 e. The quantitative estimate of drug-likeness (QED) is 0.731. The molecule has 1 spiro atoms. The first-order chi connectivity index (χ1) is 11.9. The van der Waals surface area contributed by atoms with Crippen molar-refractivity contribution in [3.63, 3.8) is 0 Å². The number of rotatable bonds is 4. The van der Waals surface area contributed by atoms with E-state index in [0.29, 0.717) is 26.2 Å². The molecule has 4 rings (SSSR count). The molecule has 3 saturated heterocycles. The molecule has 10 heteroatoms. The number of morpholine rings is 1. The number of carbonyl (C=O) groups excluding carboxylic acids is 1. The van der Waals surface area contributed by atoms with Crippen LogP contribution in [-0.4, -0.2) is 79.4 Å². The maximum atomic E-state index is 12.7. The molecule has 4 heterocycles. The molecule has 0 saturated carbocycles. The van der Waals surface area contributed by atoms with Crippen molar-refractivity contribution < 1.29 is 27.2 Å². The van der Waals surface area contributed by atoms with Crippen molar-refractivity contribution in [2.45, 2.75) is 25.0 Å². The second-order valence-corrected chi connectivity index (χ2v) is 9.11. The van der Waals surface area contributed by atoms with E-state index >= 15 is 0 Å². The van der Waals surface area contributed by atoms with E-state index < -0.39 is 15.6 Å². The lowest BCUT2D eigenvalue weighted by Crippen LogP contribution is -2.55. The molecular weight excluding hydrogens is 350 g/mol. The van der Waals surface area contributed by atoms with Crippen LogP contribution in [0.15, 0.2) is 10.6 Å². The summed E-state index contributed by atoms with van der Waals surface area (Å²) in [5.74, 6) is 0.264. The highest BCUT2D eigenvalue weighted by molar-refractivity contribution is 7.89. The molecule has 0 aromatic carbocycles. The Kier molecular flexibility index (Phi) is 3.82. The predicted octanol–water partition coefficient (Wildman–Crippen LogP) is -0.0518. The van der Waals surface area contributed by atoms with Crippen LogP contribution in [0, 0.1) is 5.92 Å². The van der Waals surface area contributed by atoms with Gasteiger partial charge in [0.05, 0.1) is 31.6 Å². The Labute approximate surface area is 145 Å². The Bertz CT molecular complexity index is 793. The number of ether oxygens (including phenoxy) is 2. The van der Waals surface area contributed by atoms with Gasteiger partial charge >= 0.3 is 0 Å². The van der Waals surface area contributed by atoms with Crippen LogP contribution in [0.25, 0.3) is 0 Å². The van der Waals surface area contributed by atoms with Crippen LogP contribution in [0.2, 0.25) is 0 Å². The molecule has 0 radical (unpaired) electrons. The standard InChI is InChI=1S/C15H21N3O6S/c1-3-25(20,21)18-6-10-4-11-7-17(8-15(10,9-18)23-11)14(19)12-5-13(22-2)16-24-12/h5,10-11H,3-4,6-9H2,1-2H3/t10?,11-,15+/m1/s1. The second-order valence-electron chi connectivity index (χ2n) is 6.85. The van der Waals surface area contributed by atoms with Crippen LogP contribution in [0.3, 0.4) is 0 Å². The number of carbonyl (C=O) groups is 1. The zero-order valence-electron chi connectivity index (χ0n) is 14.2. The number of fused-ring (bicyclic) bond motifs is 1. The lowest BCUT2D eigenvalue weighted by molar-refractivity contribution is -0.101. The third-order valence-corrected chi connectivity index (χ3v) is 7.19. The van der Waals surface area contributed by atoms with Gasteiger partial charge < -0.3 is 18.9 Å². The Morgan fingerprint density at radius 3 is 2.92 bits per heavy atom. The average molecular weight is 371 g/mol. The van der Waals surface area contributed by atoms with Crippen LogP contribution in [0.5, 0.6) is 5.88 Å². The van der Waals surface area contributed by atoms with Gasteiger partial charge in [-0.25, -0.2) is 8.42 Å². The summed E-state index contributed by atoms with van der Waals surface area (Å²) >= 11 is 0. The SMILES string of the molecule is CCS(=O)(=O)N1CC2C[C@@H]3CN(C(=O)c4cc(OC)no4)C[C@@]2(C1)O3. The number of aromatic nitrogens is 1. The molecule has 0 aliphatic carbocycles. The summed E-state index contributed by atoms with van der Waals surface area (Å²) in [5.41, 5.74) is -0.620. The van der Waals surface area contributed by atoms with E-state index in [4.69, 9.17) is 14.0 Å². The van der Waals surface area contributed by atoms with E-state index in [0.717, 1.165) is 6.42 Å². The lowest BCUT2D eigenvalue weighted by Gasteiger charge is -2.39. The summed E-state index contributed by atoms with van der Waals surface area (Å²) in [6, 6.07) is 1.46. The first-order valence-electron chi connectivity index (χ1n) is 8.32. The molecule has 3 atom stereocenters. The molecule has 1 aromatic rings. The van der Waals surface area contributed by atoms with Crippen LogP contribution < -0.4 is 4.74 Å². The monoisotopic (exact) mass is 371 g/mol. The first-order valence-corrected chi connectivity index (χ1v) is 9.93. The molecule has 1 amide bonds. The van der Waals surface area contributed by atoms with Gasteiger partial charge in [-0.15, -0.1) is 0 Å². The molecule has 1 aromatic heterocycles. The van der Waals surface area contributed by atoms with E-state index in [2.05, 4.69) is 5.16 Å². The maximum Gasteiger partial charge on any atom is 0.292 e. The Hall–Kier alpha value is -1.65. The molecule has 3 aliphatic heterocycles. The highest BCUT2D eigenvalue weighted by Crippen LogP contribution is 2.46. The van der Waals surface area contributed by atoms with Crippen LogP contribution >= 0.6 is 0 Å². The van der Waals surface area contributed by atoms with E-state index in [1.165, 1.54) is 17.5 Å². The van der Waals surface area contributed by atoms with E-state index in [9.17, 15) is 13.2 Å². The van der Waals surface area contributed by atoms with Gasteiger partial charge in [0.1, 0.15) is 5.60 Å². The zero-order valence-corrected chi connectivity index (χ0v) is 15.0. The zero-order chi connectivity index (χ0) is 17.8. The van der Waals surface area contributed by atoms with Crippen molar-refractivity contribution in [3.05, 3.63) is 11.8 Å². The largest absolute Gasteiger partial charge is 0.479 e.